The summed E-state index contributed by atoms with van der Waals surface area (Å²) >= 11 is 0. The Morgan fingerprint density at radius 3 is 2.28 bits per heavy atom. The number of ether oxygens (including phenoxy) is 2. The zero-order valence-electron chi connectivity index (χ0n) is 15.0. The molecule has 0 heterocycles. The molecule has 5 heteroatoms. The van der Waals surface area contributed by atoms with Crippen LogP contribution < -0.4 is 10.1 Å². The number of rotatable bonds is 6. The van der Waals surface area contributed by atoms with Crippen molar-refractivity contribution in [2.75, 3.05) is 18.5 Å². The van der Waals surface area contributed by atoms with Crippen molar-refractivity contribution >= 4 is 17.6 Å². The van der Waals surface area contributed by atoms with E-state index in [2.05, 4.69) is 5.32 Å². The average molecular weight is 341 g/mol. The summed E-state index contributed by atoms with van der Waals surface area (Å²) in [4.78, 5) is 23.8. The second-order valence-electron chi connectivity index (χ2n) is 5.91. The third-order valence-corrected chi connectivity index (χ3v) is 3.58. The summed E-state index contributed by atoms with van der Waals surface area (Å²) in [6, 6.07) is 10.8. The predicted molar refractivity (Wildman–Crippen MR) is 97.2 cm³/mol. The Kier molecular flexibility index (Phi) is 6.17. The zero-order valence-corrected chi connectivity index (χ0v) is 15.0. The van der Waals surface area contributed by atoms with Gasteiger partial charge in [0.15, 0.2) is 6.61 Å². The molecule has 132 valence electrons. The van der Waals surface area contributed by atoms with Gasteiger partial charge in [-0.05, 0) is 74.7 Å². The van der Waals surface area contributed by atoms with E-state index in [1.54, 1.807) is 25.1 Å². The van der Waals surface area contributed by atoms with Crippen LogP contribution in [0.3, 0.4) is 0 Å². The van der Waals surface area contributed by atoms with Crippen LogP contribution in [0.25, 0.3) is 0 Å². The maximum absolute atomic E-state index is 12.1. The Bertz CT molecular complexity index is 763. The molecule has 0 saturated heterocycles. The number of amides is 1. The van der Waals surface area contributed by atoms with Crippen LogP contribution in [-0.2, 0) is 9.53 Å². The first-order valence-electron chi connectivity index (χ1n) is 8.17. The Balaban J connectivity index is 1.97. The first-order valence-corrected chi connectivity index (χ1v) is 8.17. The molecule has 25 heavy (non-hydrogen) atoms. The summed E-state index contributed by atoms with van der Waals surface area (Å²) in [5, 5.41) is 2.79. The SMILES string of the molecule is CCOC(=O)c1ccc(NC(=O)COc2cc(C)cc(C)c2)c(C)c1. The van der Waals surface area contributed by atoms with Crippen LogP contribution >= 0.6 is 0 Å². The predicted octanol–water partition coefficient (Wildman–Crippen LogP) is 3.81. The number of hydrogen-bond acceptors (Lipinski definition) is 4. The van der Waals surface area contributed by atoms with Gasteiger partial charge in [-0.1, -0.05) is 6.07 Å². The summed E-state index contributed by atoms with van der Waals surface area (Å²) in [6.07, 6.45) is 0. The molecule has 0 aliphatic heterocycles. The number of carbonyl (C=O) groups is 2. The van der Waals surface area contributed by atoms with Crippen molar-refractivity contribution in [3.05, 3.63) is 58.7 Å². The molecular weight excluding hydrogens is 318 g/mol. The minimum Gasteiger partial charge on any atom is -0.484 e. The van der Waals surface area contributed by atoms with E-state index in [4.69, 9.17) is 9.47 Å². The summed E-state index contributed by atoms with van der Waals surface area (Å²) in [6.45, 7) is 7.79. The van der Waals surface area contributed by atoms with Crippen LogP contribution in [-0.4, -0.2) is 25.1 Å². The molecule has 0 atom stereocenters. The van der Waals surface area contributed by atoms with Crippen molar-refractivity contribution in [2.24, 2.45) is 0 Å². The minimum atomic E-state index is -0.373. The highest BCUT2D eigenvalue weighted by Crippen LogP contribution is 2.18. The normalized spacial score (nSPS) is 10.2. The molecule has 1 N–H and O–H groups in total. The largest absolute Gasteiger partial charge is 0.484 e. The fourth-order valence-electron chi connectivity index (χ4n) is 2.50. The van der Waals surface area contributed by atoms with Gasteiger partial charge in [-0.15, -0.1) is 0 Å². The number of esters is 1. The highest BCUT2D eigenvalue weighted by atomic mass is 16.5. The van der Waals surface area contributed by atoms with E-state index in [1.165, 1.54) is 0 Å². The highest BCUT2D eigenvalue weighted by molar-refractivity contribution is 5.94. The van der Waals surface area contributed by atoms with E-state index in [0.29, 0.717) is 23.6 Å². The fraction of sp³-hybridized carbons (Fsp3) is 0.300. The third kappa shape index (κ3) is 5.35. The number of carbonyl (C=O) groups excluding carboxylic acids is 2. The van der Waals surface area contributed by atoms with Gasteiger partial charge in [0, 0.05) is 5.69 Å². The molecule has 0 radical (unpaired) electrons. The van der Waals surface area contributed by atoms with Crippen LogP contribution in [0, 0.1) is 20.8 Å². The molecule has 2 rings (SSSR count). The summed E-state index contributed by atoms with van der Waals surface area (Å²) in [7, 11) is 0. The van der Waals surface area contributed by atoms with Crippen LogP contribution in [0.1, 0.15) is 34.0 Å². The van der Waals surface area contributed by atoms with Gasteiger partial charge in [0.1, 0.15) is 5.75 Å². The van der Waals surface area contributed by atoms with Crippen LogP contribution in [0.5, 0.6) is 5.75 Å². The average Bonchev–Trinajstić information content (AvgIpc) is 2.54. The number of aryl methyl sites for hydroxylation is 3. The molecule has 0 aliphatic carbocycles. The molecule has 0 spiro atoms. The molecule has 0 saturated carbocycles. The first-order chi connectivity index (χ1) is 11.9. The van der Waals surface area contributed by atoms with Crippen molar-refractivity contribution in [1.82, 2.24) is 0 Å². The Labute approximate surface area is 148 Å². The first kappa shape index (κ1) is 18.5. The molecule has 0 fully saturated rings. The van der Waals surface area contributed by atoms with Crippen LogP contribution in [0.4, 0.5) is 5.69 Å². The van der Waals surface area contributed by atoms with E-state index in [-0.39, 0.29) is 18.5 Å². The van der Waals surface area contributed by atoms with Gasteiger partial charge in [0.2, 0.25) is 0 Å². The van der Waals surface area contributed by atoms with E-state index in [1.807, 2.05) is 39.0 Å². The van der Waals surface area contributed by atoms with Crippen molar-refractivity contribution in [1.29, 1.82) is 0 Å². The molecule has 0 aromatic heterocycles. The summed E-state index contributed by atoms with van der Waals surface area (Å²) in [5.41, 5.74) is 4.05. The highest BCUT2D eigenvalue weighted by Gasteiger charge is 2.11. The smallest absolute Gasteiger partial charge is 0.338 e. The number of benzene rings is 2. The lowest BCUT2D eigenvalue weighted by Gasteiger charge is -2.11. The molecule has 2 aromatic carbocycles. The minimum absolute atomic E-state index is 0.0814. The van der Waals surface area contributed by atoms with E-state index >= 15 is 0 Å². The monoisotopic (exact) mass is 341 g/mol. The lowest BCUT2D eigenvalue weighted by atomic mass is 10.1. The van der Waals surface area contributed by atoms with Crippen molar-refractivity contribution < 1.29 is 19.1 Å². The Hall–Kier alpha value is -2.82. The van der Waals surface area contributed by atoms with Gasteiger partial charge in [0.25, 0.3) is 5.91 Å². The Morgan fingerprint density at radius 2 is 1.68 bits per heavy atom. The molecule has 0 aliphatic rings. The van der Waals surface area contributed by atoms with Crippen LogP contribution in [0.15, 0.2) is 36.4 Å². The molecule has 2 aromatic rings. The van der Waals surface area contributed by atoms with Crippen molar-refractivity contribution in [3.8, 4) is 5.75 Å². The van der Waals surface area contributed by atoms with Gasteiger partial charge in [-0.3, -0.25) is 4.79 Å². The maximum atomic E-state index is 12.1. The molecular formula is C20H23NO4. The summed E-state index contributed by atoms with van der Waals surface area (Å²) < 4.78 is 10.5. The van der Waals surface area contributed by atoms with Crippen molar-refractivity contribution in [3.63, 3.8) is 0 Å². The second-order valence-corrected chi connectivity index (χ2v) is 5.91. The fourth-order valence-corrected chi connectivity index (χ4v) is 2.50. The van der Waals surface area contributed by atoms with Crippen LogP contribution in [0.2, 0.25) is 0 Å². The number of hydrogen-bond donors (Lipinski definition) is 1. The second kappa shape index (κ2) is 8.33. The van der Waals surface area contributed by atoms with Crippen molar-refractivity contribution in [2.45, 2.75) is 27.7 Å². The lowest BCUT2D eigenvalue weighted by molar-refractivity contribution is -0.118. The molecule has 1 amide bonds. The standard InChI is InChI=1S/C20H23NO4/c1-5-24-20(23)16-6-7-18(15(4)11-16)21-19(22)12-25-17-9-13(2)8-14(3)10-17/h6-11H,5,12H2,1-4H3,(H,21,22). The quantitative estimate of drug-likeness (QED) is 0.812. The molecule has 5 nitrogen and oxygen atoms in total. The maximum Gasteiger partial charge on any atom is 0.338 e. The van der Waals surface area contributed by atoms with Gasteiger partial charge in [-0.25, -0.2) is 4.79 Å². The van der Waals surface area contributed by atoms with E-state index in [9.17, 15) is 9.59 Å². The van der Waals surface area contributed by atoms with Gasteiger partial charge >= 0.3 is 5.97 Å². The third-order valence-electron chi connectivity index (χ3n) is 3.58. The number of nitrogens with one attached hydrogen (secondary N) is 1. The van der Waals surface area contributed by atoms with Gasteiger partial charge < -0.3 is 14.8 Å². The Morgan fingerprint density at radius 1 is 1.00 bits per heavy atom. The van der Waals surface area contributed by atoms with Gasteiger partial charge in [-0.2, -0.15) is 0 Å². The molecule has 0 unspecified atom stereocenters. The molecule has 0 bridgehead atoms. The van der Waals surface area contributed by atoms with E-state index < -0.39 is 0 Å². The zero-order chi connectivity index (χ0) is 18.4. The van der Waals surface area contributed by atoms with E-state index in [0.717, 1.165) is 16.7 Å². The number of anilines is 1. The topological polar surface area (TPSA) is 64.6 Å². The lowest BCUT2D eigenvalue weighted by Crippen LogP contribution is -2.21. The van der Waals surface area contributed by atoms with Gasteiger partial charge in [0.05, 0.1) is 12.2 Å². The summed E-state index contributed by atoms with van der Waals surface area (Å²) in [5.74, 6) is 0.0369.